The zero-order valence-electron chi connectivity index (χ0n) is 12.6. The first kappa shape index (κ1) is 14.4. The molecule has 0 spiro atoms. The number of hydrogen-bond acceptors (Lipinski definition) is 4. The Morgan fingerprint density at radius 1 is 1.32 bits per heavy atom. The Balaban J connectivity index is 1.79. The fourth-order valence-electron chi connectivity index (χ4n) is 2.20. The average Bonchev–Trinajstić information content (AvgIpc) is 3.34. The molecule has 2 aromatic heterocycles. The summed E-state index contributed by atoms with van der Waals surface area (Å²) in [4.78, 5) is 28.4. The van der Waals surface area contributed by atoms with E-state index < -0.39 is 6.04 Å². The van der Waals surface area contributed by atoms with Gasteiger partial charge >= 0.3 is 0 Å². The van der Waals surface area contributed by atoms with Crippen LogP contribution in [0.3, 0.4) is 0 Å². The predicted octanol–water partition coefficient (Wildman–Crippen LogP) is 2.02. The van der Waals surface area contributed by atoms with Gasteiger partial charge in [0.15, 0.2) is 0 Å². The maximum Gasteiger partial charge on any atom is 0.267 e. The Hall–Kier alpha value is -2.50. The summed E-state index contributed by atoms with van der Waals surface area (Å²) in [6, 6.07) is 6.15. The van der Waals surface area contributed by atoms with Gasteiger partial charge in [0, 0.05) is 18.2 Å². The van der Waals surface area contributed by atoms with Crippen molar-refractivity contribution in [1.82, 2.24) is 14.8 Å². The van der Waals surface area contributed by atoms with Crippen molar-refractivity contribution in [1.29, 1.82) is 0 Å². The fourth-order valence-corrected chi connectivity index (χ4v) is 2.20. The molecule has 2 heterocycles. The van der Waals surface area contributed by atoms with Crippen molar-refractivity contribution in [2.45, 2.75) is 38.6 Å². The Labute approximate surface area is 128 Å². The minimum atomic E-state index is -0.686. The summed E-state index contributed by atoms with van der Waals surface area (Å²) >= 11 is 0. The van der Waals surface area contributed by atoms with E-state index in [1.807, 2.05) is 13.0 Å². The number of rotatable bonds is 4. The van der Waals surface area contributed by atoms with Crippen LogP contribution >= 0.6 is 0 Å². The monoisotopic (exact) mass is 298 g/mol. The quantitative estimate of drug-likeness (QED) is 0.937. The molecule has 1 saturated carbocycles. The molecule has 0 aliphatic heterocycles. The SMILES string of the molecule is Cc1ccc(NC(=O)[C@H](C)n2nc(C3CC3)ccc2=O)nc1. The van der Waals surface area contributed by atoms with Gasteiger partial charge in [-0.2, -0.15) is 5.10 Å². The van der Waals surface area contributed by atoms with E-state index in [0.717, 1.165) is 24.1 Å². The number of carbonyl (C=O) groups is 1. The summed E-state index contributed by atoms with van der Waals surface area (Å²) in [5, 5.41) is 7.04. The molecule has 1 amide bonds. The molecule has 2 aromatic rings. The van der Waals surface area contributed by atoms with Crippen LogP contribution in [-0.2, 0) is 4.79 Å². The van der Waals surface area contributed by atoms with E-state index in [-0.39, 0.29) is 11.5 Å². The molecule has 0 radical (unpaired) electrons. The van der Waals surface area contributed by atoms with E-state index in [1.54, 1.807) is 25.3 Å². The largest absolute Gasteiger partial charge is 0.309 e. The van der Waals surface area contributed by atoms with E-state index in [1.165, 1.54) is 10.7 Å². The number of aryl methyl sites for hydroxylation is 1. The van der Waals surface area contributed by atoms with Crippen molar-refractivity contribution in [3.05, 3.63) is 52.1 Å². The number of aromatic nitrogens is 3. The highest BCUT2D eigenvalue weighted by atomic mass is 16.2. The van der Waals surface area contributed by atoms with E-state index in [2.05, 4.69) is 15.4 Å². The molecule has 1 aliphatic carbocycles. The molecule has 0 aromatic carbocycles. The van der Waals surface area contributed by atoms with Crippen LogP contribution in [0.2, 0.25) is 0 Å². The first-order valence-corrected chi connectivity index (χ1v) is 7.38. The fraction of sp³-hybridized carbons (Fsp3) is 0.375. The second kappa shape index (κ2) is 5.71. The summed E-state index contributed by atoms with van der Waals surface area (Å²) in [5.74, 6) is 0.591. The molecule has 1 atom stereocenters. The molecule has 1 N–H and O–H groups in total. The maximum atomic E-state index is 12.3. The van der Waals surface area contributed by atoms with E-state index >= 15 is 0 Å². The van der Waals surface area contributed by atoms with Crippen LogP contribution in [0.15, 0.2) is 35.3 Å². The smallest absolute Gasteiger partial charge is 0.267 e. The highest BCUT2D eigenvalue weighted by Crippen LogP contribution is 2.38. The van der Waals surface area contributed by atoms with Gasteiger partial charge in [0.2, 0.25) is 5.91 Å². The van der Waals surface area contributed by atoms with Gasteiger partial charge in [-0.1, -0.05) is 6.07 Å². The average molecular weight is 298 g/mol. The summed E-state index contributed by atoms with van der Waals surface area (Å²) in [6.45, 7) is 3.59. The molecule has 0 unspecified atom stereocenters. The second-order valence-corrected chi connectivity index (χ2v) is 5.70. The lowest BCUT2D eigenvalue weighted by molar-refractivity contribution is -0.119. The van der Waals surface area contributed by atoms with Crippen LogP contribution in [0.4, 0.5) is 5.82 Å². The Kier molecular flexibility index (Phi) is 3.75. The molecule has 6 nitrogen and oxygen atoms in total. The number of hydrogen-bond donors (Lipinski definition) is 1. The van der Waals surface area contributed by atoms with Crippen LogP contribution in [0.1, 0.15) is 43.0 Å². The molecule has 0 saturated heterocycles. The number of anilines is 1. The van der Waals surface area contributed by atoms with E-state index in [4.69, 9.17) is 0 Å². The normalized spacial score (nSPS) is 15.4. The van der Waals surface area contributed by atoms with Crippen molar-refractivity contribution in [2.24, 2.45) is 0 Å². The van der Waals surface area contributed by atoms with E-state index in [9.17, 15) is 9.59 Å². The maximum absolute atomic E-state index is 12.3. The predicted molar refractivity (Wildman–Crippen MR) is 82.8 cm³/mol. The van der Waals surface area contributed by atoms with Gasteiger partial charge in [-0.15, -0.1) is 0 Å². The van der Waals surface area contributed by atoms with Gasteiger partial charge in [0.25, 0.3) is 5.56 Å². The Morgan fingerprint density at radius 3 is 2.73 bits per heavy atom. The summed E-state index contributed by atoms with van der Waals surface area (Å²) in [5.41, 5.74) is 1.62. The van der Waals surface area contributed by atoms with Crippen molar-refractivity contribution < 1.29 is 4.79 Å². The highest BCUT2D eigenvalue weighted by Gasteiger charge is 2.27. The van der Waals surface area contributed by atoms with Crippen LogP contribution in [-0.4, -0.2) is 20.7 Å². The summed E-state index contributed by atoms with van der Waals surface area (Å²) < 4.78 is 1.25. The van der Waals surface area contributed by atoms with E-state index in [0.29, 0.717) is 11.7 Å². The minimum absolute atomic E-state index is 0.274. The molecule has 3 rings (SSSR count). The van der Waals surface area contributed by atoms with Crippen LogP contribution in [0.5, 0.6) is 0 Å². The van der Waals surface area contributed by atoms with Crippen molar-refractivity contribution in [2.75, 3.05) is 5.32 Å². The third kappa shape index (κ3) is 3.05. The third-order valence-electron chi connectivity index (χ3n) is 3.75. The molecule has 114 valence electrons. The molecule has 0 bridgehead atoms. The standard InChI is InChI=1S/C16H18N4O2/c1-10-3-7-14(17-9-10)18-16(22)11(2)20-15(21)8-6-13(19-20)12-4-5-12/h3,6-9,11-12H,4-5H2,1-2H3,(H,17,18,22)/t11-/m0/s1. The lowest BCUT2D eigenvalue weighted by atomic mass is 10.2. The van der Waals surface area contributed by atoms with Gasteiger partial charge in [-0.3, -0.25) is 9.59 Å². The highest BCUT2D eigenvalue weighted by molar-refractivity contribution is 5.92. The van der Waals surface area contributed by atoms with Gasteiger partial charge < -0.3 is 5.32 Å². The van der Waals surface area contributed by atoms with Crippen LogP contribution in [0.25, 0.3) is 0 Å². The molecular weight excluding hydrogens is 280 g/mol. The number of amides is 1. The number of nitrogens with zero attached hydrogens (tertiary/aromatic N) is 3. The third-order valence-corrected chi connectivity index (χ3v) is 3.75. The molecular formula is C16H18N4O2. The lowest BCUT2D eigenvalue weighted by Crippen LogP contribution is -2.33. The van der Waals surface area contributed by atoms with Crippen molar-refractivity contribution in [3.8, 4) is 0 Å². The Bertz CT molecular complexity index is 747. The molecule has 1 fully saturated rings. The number of carbonyl (C=O) groups excluding carboxylic acids is 1. The zero-order chi connectivity index (χ0) is 15.7. The molecule has 6 heteroatoms. The summed E-state index contributed by atoms with van der Waals surface area (Å²) in [7, 11) is 0. The first-order chi connectivity index (χ1) is 10.5. The van der Waals surface area contributed by atoms with Gasteiger partial charge in [0.1, 0.15) is 11.9 Å². The lowest BCUT2D eigenvalue weighted by Gasteiger charge is -2.14. The Morgan fingerprint density at radius 2 is 2.09 bits per heavy atom. The summed E-state index contributed by atoms with van der Waals surface area (Å²) in [6.07, 6.45) is 3.87. The zero-order valence-corrected chi connectivity index (χ0v) is 12.6. The van der Waals surface area contributed by atoms with Crippen molar-refractivity contribution in [3.63, 3.8) is 0 Å². The second-order valence-electron chi connectivity index (χ2n) is 5.70. The van der Waals surface area contributed by atoms with Crippen LogP contribution < -0.4 is 10.9 Å². The number of nitrogens with one attached hydrogen (secondary N) is 1. The topological polar surface area (TPSA) is 76.9 Å². The van der Waals surface area contributed by atoms with Gasteiger partial charge in [0.05, 0.1) is 5.69 Å². The van der Waals surface area contributed by atoms with Gasteiger partial charge in [-0.25, -0.2) is 9.67 Å². The molecule has 1 aliphatic rings. The van der Waals surface area contributed by atoms with Crippen molar-refractivity contribution >= 4 is 11.7 Å². The van der Waals surface area contributed by atoms with Gasteiger partial charge in [-0.05, 0) is 44.4 Å². The minimum Gasteiger partial charge on any atom is -0.309 e. The first-order valence-electron chi connectivity index (χ1n) is 7.38. The number of pyridine rings is 1. The van der Waals surface area contributed by atoms with Crippen LogP contribution in [0, 0.1) is 6.92 Å². The molecule has 22 heavy (non-hydrogen) atoms.